The summed E-state index contributed by atoms with van der Waals surface area (Å²) in [6.07, 6.45) is -2.72. The van der Waals surface area contributed by atoms with Crippen molar-refractivity contribution >= 4 is 11.6 Å². The van der Waals surface area contributed by atoms with Gasteiger partial charge in [-0.05, 0) is 11.6 Å². The van der Waals surface area contributed by atoms with Crippen LogP contribution in [0.2, 0.25) is 0 Å². The Morgan fingerprint density at radius 3 is 2.00 bits per heavy atom. The molecule has 0 heterocycles. The van der Waals surface area contributed by atoms with E-state index in [1.165, 1.54) is 0 Å². The van der Waals surface area contributed by atoms with E-state index in [1.54, 1.807) is 0 Å². The molecule has 5 heteroatoms. The van der Waals surface area contributed by atoms with Gasteiger partial charge in [0.15, 0.2) is 0 Å². The van der Waals surface area contributed by atoms with Crippen LogP contribution in [0.25, 0.3) is 0 Å². The van der Waals surface area contributed by atoms with Gasteiger partial charge in [0.2, 0.25) is 0 Å². The van der Waals surface area contributed by atoms with Gasteiger partial charge in [0.25, 0.3) is 6.36 Å². The Morgan fingerprint density at radius 2 is 2.00 bits per heavy atom. The highest BCUT2D eigenvalue weighted by Gasteiger charge is 2.37. The highest BCUT2D eigenvalue weighted by Crippen LogP contribution is 2.25. The van der Waals surface area contributed by atoms with Crippen molar-refractivity contribution in [2.75, 3.05) is 7.11 Å². The second kappa shape index (κ2) is 2.55. The third-order valence-electron chi connectivity index (χ3n) is 0.464. The normalized spacial score (nSPS) is 16.1. The molecule has 8 heavy (non-hydrogen) atoms. The molecule has 0 fully saturated rings. The summed E-state index contributed by atoms with van der Waals surface area (Å²) in [5.74, 6) is 0. The third kappa shape index (κ3) is 2.37. The monoisotopic (exact) mass is 148 g/mol. The molecular weight excluding hydrogens is 144 g/mol. The molecule has 50 valence electrons. The fraction of sp³-hybridized carbons (Fsp3) is 1.00. The van der Waals surface area contributed by atoms with Gasteiger partial charge in [-0.3, -0.25) is 0 Å². The van der Waals surface area contributed by atoms with E-state index in [9.17, 15) is 13.2 Å². The molecule has 0 spiro atoms. The van der Waals surface area contributed by atoms with E-state index in [4.69, 9.17) is 0 Å². The Labute approximate surface area is 49.4 Å². The van der Waals surface area contributed by atoms with Crippen LogP contribution >= 0.6 is 11.6 Å². The van der Waals surface area contributed by atoms with Gasteiger partial charge in [-0.1, -0.05) is 0 Å². The molecular formula is C3H4ClF3O. The van der Waals surface area contributed by atoms with Crippen LogP contribution in [0.15, 0.2) is 0 Å². The van der Waals surface area contributed by atoms with E-state index in [-0.39, 0.29) is 0 Å². The predicted molar refractivity (Wildman–Crippen MR) is 22.7 cm³/mol. The van der Waals surface area contributed by atoms with Crippen molar-refractivity contribution < 1.29 is 17.9 Å². The molecule has 0 aliphatic rings. The highest BCUT2D eigenvalue weighted by atomic mass is 35.5. The molecule has 1 atom stereocenters. The lowest BCUT2D eigenvalue weighted by Crippen LogP contribution is -2.24. The second-order valence-corrected chi connectivity index (χ2v) is 1.60. The molecule has 1 unspecified atom stereocenters. The number of hydrogen-bond donors (Lipinski definition) is 0. The zero-order valence-electron chi connectivity index (χ0n) is 4.00. The molecule has 0 radical (unpaired) electrons. The quantitative estimate of drug-likeness (QED) is 0.543. The largest absolute Gasteiger partial charge is 0.376 e. The SMILES string of the molecule is COC(F)C(F)(F)Cl. The van der Waals surface area contributed by atoms with E-state index >= 15 is 0 Å². The first-order valence-corrected chi connectivity index (χ1v) is 2.10. The Balaban J connectivity index is 3.62. The minimum atomic E-state index is -3.91. The minimum absolute atomic E-state index is 0.807. The van der Waals surface area contributed by atoms with Crippen LogP contribution in [-0.4, -0.2) is 18.8 Å². The Hall–Kier alpha value is 0.0400. The maximum Gasteiger partial charge on any atom is 0.376 e. The molecule has 0 N–H and O–H groups in total. The number of ether oxygens (including phenoxy) is 1. The summed E-state index contributed by atoms with van der Waals surface area (Å²) in [6, 6.07) is 0. The molecule has 0 aromatic carbocycles. The standard InChI is InChI=1S/C3H4ClF3O/c1-8-2(5)3(4,6)7/h2H,1H3. The summed E-state index contributed by atoms with van der Waals surface area (Å²) in [5, 5.41) is -3.91. The Bertz CT molecular complexity index is 71.4. The summed E-state index contributed by atoms with van der Waals surface area (Å²) in [5.41, 5.74) is 0. The van der Waals surface area contributed by atoms with Gasteiger partial charge in [-0.2, -0.15) is 8.78 Å². The Kier molecular flexibility index (Phi) is 2.56. The number of rotatable bonds is 2. The van der Waals surface area contributed by atoms with E-state index in [2.05, 4.69) is 16.3 Å². The molecule has 0 aromatic rings. The van der Waals surface area contributed by atoms with E-state index in [0.717, 1.165) is 7.11 Å². The number of hydrogen-bond acceptors (Lipinski definition) is 1. The van der Waals surface area contributed by atoms with Crippen molar-refractivity contribution in [1.29, 1.82) is 0 Å². The van der Waals surface area contributed by atoms with E-state index < -0.39 is 11.7 Å². The van der Waals surface area contributed by atoms with Crippen molar-refractivity contribution in [3.63, 3.8) is 0 Å². The molecule has 1 nitrogen and oxygen atoms in total. The maximum atomic E-state index is 11.5. The summed E-state index contributed by atoms with van der Waals surface area (Å²) in [7, 11) is 0.807. The van der Waals surface area contributed by atoms with Crippen molar-refractivity contribution in [1.82, 2.24) is 0 Å². The molecule has 0 amide bonds. The minimum Gasteiger partial charge on any atom is -0.346 e. The Morgan fingerprint density at radius 1 is 1.62 bits per heavy atom. The van der Waals surface area contributed by atoms with Crippen molar-refractivity contribution in [3.05, 3.63) is 0 Å². The smallest absolute Gasteiger partial charge is 0.346 e. The lowest BCUT2D eigenvalue weighted by Gasteiger charge is -2.09. The van der Waals surface area contributed by atoms with Crippen LogP contribution < -0.4 is 0 Å². The van der Waals surface area contributed by atoms with Gasteiger partial charge in [0.1, 0.15) is 0 Å². The van der Waals surface area contributed by atoms with Gasteiger partial charge in [-0.25, -0.2) is 4.39 Å². The fourth-order valence-corrected chi connectivity index (χ4v) is 0.223. The average Bonchev–Trinajstić information content (AvgIpc) is 1.62. The maximum absolute atomic E-state index is 11.5. The summed E-state index contributed by atoms with van der Waals surface area (Å²) in [4.78, 5) is 0. The average molecular weight is 149 g/mol. The molecule has 0 aliphatic heterocycles. The van der Waals surface area contributed by atoms with Crippen molar-refractivity contribution in [2.24, 2.45) is 0 Å². The van der Waals surface area contributed by atoms with Crippen molar-refractivity contribution in [3.8, 4) is 0 Å². The second-order valence-electron chi connectivity index (χ2n) is 1.09. The molecule has 0 aromatic heterocycles. The molecule has 0 saturated carbocycles. The zero-order valence-corrected chi connectivity index (χ0v) is 4.75. The van der Waals surface area contributed by atoms with Crippen molar-refractivity contribution in [2.45, 2.75) is 11.7 Å². The van der Waals surface area contributed by atoms with Gasteiger partial charge in [0, 0.05) is 7.11 Å². The highest BCUT2D eigenvalue weighted by molar-refractivity contribution is 6.22. The summed E-state index contributed by atoms with van der Waals surface area (Å²) in [6.45, 7) is 0. The van der Waals surface area contributed by atoms with E-state index in [0.29, 0.717) is 0 Å². The lowest BCUT2D eigenvalue weighted by molar-refractivity contribution is -0.134. The zero-order chi connectivity index (χ0) is 6.78. The number of alkyl halides is 4. The molecule has 0 rings (SSSR count). The number of methoxy groups -OCH3 is 1. The van der Waals surface area contributed by atoms with Crippen LogP contribution in [-0.2, 0) is 4.74 Å². The predicted octanol–water partition coefficient (Wildman–Crippen LogP) is 1.76. The summed E-state index contributed by atoms with van der Waals surface area (Å²) < 4.78 is 37.9. The molecule has 0 aliphatic carbocycles. The topological polar surface area (TPSA) is 9.23 Å². The summed E-state index contributed by atoms with van der Waals surface area (Å²) >= 11 is 4.15. The number of halogens is 4. The molecule has 0 bridgehead atoms. The van der Waals surface area contributed by atoms with Gasteiger partial charge in [0.05, 0.1) is 0 Å². The van der Waals surface area contributed by atoms with Gasteiger partial charge < -0.3 is 4.74 Å². The van der Waals surface area contributed by atoms with Crippen LogP contribution in [0.1, 0.15) is 0 Å². The first-order valence-electron chi connectivity index (χ1n) is 1.72. The molecule has 0 saturated heterocycles. The first-order chi connectivity index (χ1) is 3.48. The first kappa shape index (κ1) is 8.04. The van der Waals surface area contributed by atoms with Crippen LogP contribution in [0.4, 0.5) is 13.2 Å². The lowest BCUT2D eigenvalue weighted by atomic mass is 10.7. The van der Waals surface area contributed by atoms with Gasteiger partial charge in [-0.15, -0.1) is 0 Å². The third-order valence-corrected chi connectivity index (χ3v) is 0.636. The van der Waals surface area contributed by atoms with Crippen LogP contribution in [0.5, 0.6) is 0 Å². The van der Waals surface area contributed by atoms with Crippen LogP contribution in [0.3, 0.4) is 0 Å². The van der Waals surface area contributed by atoms with Crippen LogP contribution in [0, 0.1) is 0 Å². The fourth-order valence-electron chi connectivity index (χ4n) is 0.134. The van der Waals surface area contributed by atoms with Gasteiger partial charge >= 0.3 is 5.38 Å². The van der Waals surface area contributed by atoms with E-state index in [1.807, 2.05) is 0 Å².